The van der Waals surface area contributed by atoms with E-state index in [0.29, 0.717) is 0 Å². The Bertz CT molecular complexity index is 686. The van der Waals surface area contributed by atoms with Crippen molar-refractivity contribution < 1.29 is 0 Å². The molecule has 3 heteroatoms. The van der Waals surface area contributed by atoms with E-state index in [0.717, 1.165) is 28.8 Å². The summed E-state index contributed by atoms with van der Waals surface area (Å²) in [5.41, 5.74) is 10.7. The van der Waals surface area contributed by atoms with Gasteiger partial charge in [-0.2, -0.15) is 0 Å². The summed E-state index contributed by atoms with van der Waals surface area (Å²) < 4.78 is 0. The summed E-state index contributed by atoms with van der Waals surface area (Å²) in [7, 11) is 0. The molecule has 1 heterocycles. The molecule has 1 atom stereocenters. The fourth-order valence-corrected chi connectivity index (χ4v) is 2.35. The first kappa shape index (κ1) is 11.9. The van der Waals surface area contributed by atoms with Gasteiger partial charge in [0.05, 0.1) is 11.0 Å². The van der Waals surface area contributed by atoms with Gasteiger partial charge in [-0.3, -0.25) is 0 Å². The van der Waals surface area contributed by atoms with Crippen LogP contribution in [0.25, 0.3) is 11.0 Å². The van der Waals surface area contributed by atoms with Gasteiger partial charge in [0, 0.05) is 12.5 Å². The molecule has 1 aromatic heterocycles. The predicted octanol–water partition coefficient (Wildman–Crippen LogP) is 3.11. The van der Waals surface area contributed by atoms with Gasteiger partial charge in [0.1, 0.15) is 5.82 Å². The highest BCUT2D eigenvalue weighted by Crippen LogP contribution is 2.19. The van der Waals surface area contributed by atoms with Crippen LogP contribution in [0.5, 0.6) is 0 Å². The first-order valence-corrected chi connectivity index (χ1v) is 6.49. The third-order valence-electron chi connectivity index (χ3n) is 3.40. The number of fused-ring (bicyclic) bond motifs is 1. The molecule has 0 fully saturated rings. The standard InChI is InChI=1S/C16H17N3/c1-11-6-5-9-14-16(11)19-15(18-14)10-13(17)12-7-3-2-4-8-12/h2-9,13H,10,17H2,1H3,(H,18,19). The molecule has 3 aromatic rings. The van der Waals surface area contributed by atoms with Gasteiger partial charge in [0.15, 0.2) is 0 Å². The Morgan fingerprint density at radius 2 is 1.89 bits per heavy atom. The van der Waals surface area contributed by atoms with Crippen molar-refractivity contribution in [1.29, 1.82) is 0 Å². The number of benzene rings is 2. The molecule has 0 bridgehead atoms. The minimum absolute atomic E-state index is 0.0259. The number of nitrogens with zero attached hydrogens (tertiary/aromatic N) is 1. The SMILES string of the molecule is Cc1cccc2[nH]c(CC(N)c3ccccc3)nc12. The summed E-state index contributed by atoms with van der Waals surface area (Å²) in [5, 5.41) is 0. The number of hydrogen-bond acceptors (Lipinski definition) is 2. The number of aromatic nitrogens is 2. The molecule has 0 aliphatic heterocycles. The molecule has 3 N–H and O–H groups in total. The molecular weight excluding hydrogens is 234 g/mol. The highest BCUT2D eigenvalue weighted by molar-refractivity contribution is 5.78. The van der Waals surface area contributed by atoms with Gasteiger partial charge in [0.25, 0.3) is 0 Å². The Hall–Kier alpha value is -2.13. The molecule has 0 aliphatic rings. The third-order valence-corrected chi connectivity index (χ3v) is 3.40. The fraction of sp³-hybridized carbons (Fsp3) is 0.188. The van der Waals surface area contributed by atoms with Crippen molar-refractivity contribution in [2.75, 3.05) is 0 Å². The second-order valence-electron chi connectivity index (χ2n) is 4.88. The van der Waals surface area contributed by atoms with Crippen LogP contribution in [0.15, 0.2) is 48.5 Å². The van der Waals surface area contributed by atoms with Gasteiger partial charge in [-0.25, -0.2) is 4.98 Å². The largest absolute Gasteiger partial charge is 0.342 e. The molecule has 1 unspecified atom stereocenters. The molecule has 0 radical (unpaired) electrons. The van der Waals surface area contributed by atoms with E-state index in [2.05, 4.69) is 35.1 Å². The number of para-hydroxylation sites is 1. The summed E-state index contributed by atoms with van der Waals surface area (Å²) in [5.74, 6) is 0.945. The smallest absolute Gasteiger partial charge is 0.109 e. The Morgan fingerprint density at radius 1 is 1.11 bits per heavy atom. The van der Waals surface area contributed by atoms with Crippen LogP contribution in [0.4, 0.5) is 0 Å². The van der Waals surface area contributed by atoms with Crippen LogP contribution in [-0.4, -0.2) is 9.97 Å². The summed E-state index contributed by atoms with van der Waals surface area (Å²) in [6, 6.07) is 16.3. The van der Waals surface area contributed by atoms with E-state index >= 15 is 0 Å². The van der Waals surface area contributed by atoms with Crippen molar-refractivity contribution in [2.24, 2.45) is 5.73 Å². The van der Waals surface area contributed by atoms with Gasteiger partial charge in [-0.1, -0.05) is 42.5 Å². The van der Waals surface area contributed by atoms with Crippen LogP contribution in [0.3, 0.4) is 0 Å². The quantitative estimate of drug-likeness (QED) is 0.751. The molecule has 96 valence electrons. The van der Waals surface area contributed by atoms with Crippen molar-refractivity contribution in [1.82, 2.24) is 9.97 Å². The highest BCUT2D eigenvalue weighted by Gasteiger charge is 2.10. The molecule has 3 rings (SSSR count). The van der Waals surface area contributed by atoms with E-state index in [1.165, 1.54) is 5.56 Å². The average Bonchev–Trinajstić information content (AvgIpc) is 2.84. The Labute approximate surface area is 112 Å². The van der Waals surface area contributed by atoms with Gasteiger partial charge in [-0.05, 0) is 24.1 Å². The number of rotatable bonds is 3. The summed E-state index contributed by atoms with van der Waals surface area (Å²) in [6.07, 6.45) is 0.720. The zero-order valence-corrected chi connectivity index (χ0v) is 10.9. The van der Waals surface area contributed by atoms with Gasteiger partial charge in [0.2, 0.25) is 0 Å². The third kappa shape index (κ3) is 2.37. The number of H-pyrrole nitrogens is 1. The molecule has 0 spiro atoms. The van der Waals surface area contributed by atoms with Crippen LogP contribution >= 0.6 is 0 Å². The van der Waals surface area contributed by atoms with Gasteiger partial charge >= 0.3 is 0 Å². The summed E-state index contributed by atoms with van der Waals surface area (Å²) >= 11 is 0. The van der Waals surface area contributed by atoms with Crippen LogP contribution < -0.4 is 5.73 Å². The second kappa shape index (κ2) is 4.86. The molecule has 0 saturated carbocycles. The number of nitrogens with one attached hydrogen (secondary N) is 1. The Kier molecular flexibility index (Phi) is 3.05. The minimum atomic E-state index is -0.0259. The second-order valence-corrected chi connectivity index (χ2v) is 4.88. The number of nitrogens with two attached hydrogens (primary N) is 1. The lowest BCUT2D eigenvalue weighted by molar-refractivity contribution is 0.696. The Morgan fingerprint density at radius 3 is 2.63 bits per heavy atom. The van der Waals surface area contributed by atoms with Crippen molar-refractivity contribution in [3.05, 3.63) is 65.5 Å². The fourth-order valence-electron chi connectivity index (χ4n) is 2.35. The topological polar surface area (TPSA) is 54.7 Å². The molecule has 0 amide bonds. The monoisotopic (exact) mass is 251 g/mol. The van der Waals surface area contributed by atoms with Crippen molar-refractivity contribution >= 4 is 11.0 Å². The molecule has 3 nitrogen and oxygen atoms in total. The van der Waals surface area contributed by atoms with E-state index < -0.39 is 0 Å². The van der Waals surface area contributed by atoms with Crippen molar-refractivity contribution in [3.8, 4) is 0 Å². The van der Waals surface area contributed by atoms with Crippen LogP contribution in [0.2, 0.25) is 0 Å². The Balaban J connectivity index is 1.88. The predicted molar refractivity (Wildman–Crippen MR) is 77.9 cm³/mol. The highest BCUT2D eigenvalue weighted by atomic mass is 14.9. The lowest BCUT2D eigenvalue weighted by atomic mass is 10.0. The lowest BCUT2D eigenvalue weighted by Crippen LogP contribution is -2.13. The molecule has 19 heavy (non-hydrogen) atoms. The average molecular weight is 251 g/mol. The normalized spacial score (nSPS) is 12.7. The summed E-state index contributed by atoms with van der Waals surface area (Å²) in [4.78, 5) is 7.99. The number of aromatic amines is 1. The molecule has 2 aromatic carbocycles. The van der Waals surface area contributed by atoms with Crippen LogP contribution in [0, 0.1) is 6.92 Å². The number of aryl methyl sites for hydroxylation is 1. The maximum absolute atomic E-state index is 6.23. The van der Waals surface area contributed by atoms with E-state index in [1.54, 1.807) is 0 Å². The molecule has 0 aliphatic carbocycles. The molecular formula is C16H17N3. The van der Waals surface area contributed by atoms with E-state index in [-0.39, 0.29) is 6.04 Å². The summed E-state index contributed by atoms with van der Waals surface area (Å²) in [6.45, 7) is 2.07. The number of imidazole rings is 1. The van der Waals surface area contributed by atoms with Crippen molar-refractivity contribution in [2.45, 2.75) is 19.4 Å². The first-order chi connectivity index (χ1) is 9.24. The minimum Gasteiger partial charge on any atom is -0.342 e. The van der Waals surface area contributed by atoms with E-state index in [1.807, 2.05) is 30.3 Å². The lowest BCUT2D eigenvalue weighted by Gasteiger charge is -2.09. The van der Waals surface area contributed by atoms with E-state index in [9.17, 15) is 0 Å². The maximum Gasteiger partial charge on any atom is 0.109 e. The zero-order chi connectivity index (χ0) is 13.2. The first-order valence-electron chi connectivity index (χ1n) is 6.49. The van der Waals surface area contributed by atoms with Crippen LogP contribution in [-0.2, 0) is 6.42 Å². The van der Waals surface area contributed by atoms with E-state index in [4.69, 9.17) is 5.73 Å². The zero-order valence-electron chi connectivity index (χ0n) is 10.9. The molecule has 0 saturated heterocycles. The van der Waals surface area contributed by atoms with Gasteiger partial charge < -0.3 is 10.7 Å². The maximum atomic E-state index is 6.23. The van der Waals surface area contributed by atoms with Crippen molar-refractivity contribution in [3.63, 3.8) is 0 Å². The van der Waals surface area contributed by atoms with Crippen LogP contribution in [0.1, 0.15) is 23.0 Å². The van der Waals surface area contributed by atoms with Gasteiger partial charge in [-0.15, -0.1) is 0 Å². The number of hydrogen-bond donors (Lipinski definition) is 2.